The molecule has 3 aliphatic rings. The van der Waals surface area contributed by atoms with Gasteiger partial charge in [-0.25, -0.2) is 4.79 Å². The third kappa shape index (κ3) is 2.73. The number of benzene rings is 2. The average molecular weight is 412 g/mol. The van der Waals surface area contributed by atoms with Crippen LogP contribution < -0.4 is 0 Å². The number of carboxylic acid groups (broad SMARTS) is 1. The van der Waals surface area contributed by atoms with E-state index in [0.717, 1.165) is 27.8 Å². The Kier molecular flexibility index (Phi) is 4.51. The number of ether oxygens (including phenoxy) is 2. The Morgan fingerprint density at radius 2 is 1.57 bits per heavy atom. The molecule has 1 aliphatic heterocycles. The Morgan fingerprint density at radius 1 is 0.867 bits per heavy atom. The van der Waals surface area contributed by atoms with Crippen molar-refractivity contribution in [3.63, 3.8) is 0 Å². The highest BCUT2D eigenvalue weighted by atomic mass is 16.7. The van der Waals surface area contributed by atoms with Gasteiger partial charge >= 0.3 is 5.97 Å². The quantitative estimate of drug-likeness (QED) is 0.418. The van der Waals surface area contributed by atoms with Crippen LogP contribution in [0.15, 0.2) is 48.5 Å². The predicted molar refractivity (Wildman–Crippen MR) is 103 cm³/mol. The lowest BCUT2D eigenvalue weighted by molar-refractivity contribution is -0.306. The van der Waals surface area contributed by atoms with E-state index in [-0.39, 0.29) is 0 Å². The minimum atomic E-state index is -1.81. The molecule has 0 radical (unpaired) electrons. The zero-order valence-electron chi connectivity index (χ0n) is 15.6. The van der Waals surface area contributed by atoms with Crippen LogP contribution in [0.2, 0.25) is 0 Å². The van der Waals surface area contributed by atoms with E-state index < -0.39 is 48.9 Å². The van der Waals surface area contributed by atoms with Crippen molar-refractivity contribution >= 4 is 11.5 Å². The molecule has 0 aromatic heterocycles. The standard InChI is InChI=1S/C22H20O8/c23-16-12-7-3-6-11-9-4-1-2-5-10(9)13(15(11)12)8-14(16)29-22-19(26)17(24)18(25)20(30-22)21(27)28/h1-8,14,16-20,22-26H,(H,27,28)/t14-,16-,17+,18+,19-,20+,22-/m1/s1. The number of carbonyl (C=O) groups is 1. The van der Waals surface area contributed by atoms with Crippen LogP contribution in [0.5, 0.6) is 0 Å². The molecule has 5 N–H and O–H groups in total. The zero-order valence-corrected chi connectivity index (χ0v) is 15.6. The highest BCUT2D eigenvalue weighted by molar-refractivity contribution is 6.03. The fraction of sp³-hybridized carbons (Fsp3) is 0.318. The van der Waals surface area contributed by atoms with Crippen molar-refractivity contribution in [3.05, 3.63) is 65.2 Å². The maximum Gasteiger partial charge on any atom is 0.335 e. The minimum Gasteiger partial charge on any atom is -0.479 e. The van der Waals surface area contributed by atoms with E-state index in [1.807, 2.05) is 36.4 Å². The second-order valence-electron chi connectivity index (χ2n) is 7.68. The molecule has 156 valence electrons. The summed E-state index contributed by atoms with van der Waals surface area (Å²) in [5, 5.41) is 50.3. The Balaban J connectivity index is 1.51. The van der Waals surface area contributed by atoms with Crippen LogP contribution in [0.25, 0.3) is 16.7 Å². The molecule has 0 amide bonds. The molecule has 0 saturated carbocycles. The van der Waals surface area contributed by atoms with Gasteiger partial charge in [-0.2, -0.15) is 0 Å². The summed E-state index contributed by atoms with van der Waals surface area (Å²) in [6, 6.07) is 13.4. The number of hydrogen-bond acceptors (Lipinski definition) is 7. The van der Waals surface area contributed by atoms with E-state index in [2.05, 4.69) is 0 Å². The summed E-state index contributed by atoms with van der Waals surface area (Å²) >= 11 is 0. The number of aliphatic carboxylic acids is 1. The van der Waals surface area contributed by atoms with Crippen molar-refractivity contribution in [1.82, 2.24) is 0 Å². The maximum atomic E-state index is 11.3. The number of rotatable bonds is 3. The molecule has 2 aromatic carbocycles. The molecule has 1 saturated heterocycles. The molecule has 0 unspecified atom stereocenters. The summed E-state index contributed by atoms with van der Waals surface area (Å²) in [7, 11) is 0. The monoisotopic (exact) mass is 412 g/mol. The van der Waals surface area contributed by atoms with Crippen molar-refractivity contribution in [2.45, 2.75) is 42.9 Å². The normalized spacial score (nSPS) is 34.1. The van der Waals surface area contributed by atoms with E-state index in [0.29, 0.717) is 5.56 Å². The third-order valence-corrected chi connectivity index (χ3v) is 5.94. The van der Waals surface area contributed by atoms with Crippen molar-refractivity contribution < 1.29 is 39.8 Å². The molecule has 2 aliphatic carbocycles. The summed E-state index contributed by atoms with van der Waals surface area (Å²) in [4.78, 5) is 11.3. The lowest BCUT2D eigenvalue weighted by Crippen LogP contribution is -2.61. The van der Waals surface area contributed by atoms with Gasteiger partial charge in [-0.15, -0.1) is 0 Å². The number of aliphatic hydroxyl groups is 4. The first kappa shape index (κ1) is 19.4. The molecule has 1 heterocycles. The smallest absolute Gasteiger partial charge is 0.335 e. The van der Waals surface area contributed by atoms with Crippen LogP contribution in [0.3, 0.4) is 0 Å². The molecule has 0 spiro atoms. The van der Waals surface area contributed by atoms with E-state index in [1.165, 1.54) is 0 Å². The summed E-state index contributed by atoms with van der Waals surface area (Å²) in [5.41, 5.74) is 5.44. The highest BCUT2D eigenvalue weighted by Gasteiger charge is 2.49. The second-order valence-corrected chi connectivity index (χ2v) is 7.68. The van der Waals surface area contributed by atoms with Gasteiger partial charge in [0, 0.05) is 0 Å². The Hall–Kier alpha value is -2.59. The lowest BCUT2D eigenvalue weighted by atomic mass is 9.86. The molecule has 8 heteroatoms. The zero-order chi connectivity index (χ0) is 21.2. The van der Waals surface area contributed by atoms with Gasteiger partial charge in [-0.3, -0.25) is 0 Å². The van der Waals surface area contributed by atoms with Gasteiger partial charge in [-0.05, 0) is 39.5 Å². The fourth-order valence-corrected chi connectivity index (χ4v) is 4.47. The Labute approximate surface area is 171 Å². The summed E-state index contributed by atoms with van der Waals surface area (Å²) in [6.45, 7) is 0. The van der Waals surface area contributed by atoms with Gasteiger partial charge in [0.15, 0.2) is 12.4 Å². The molecule has 0 bridgehead atoms. The second kappa shape index (κ2) is 6.98. The largest absolute Gasteiger partial charge is 0.479 e. The topological polar surface area (TPSA) is 137 Å². The first-order chi connectivity index (χ1) is 14.4. The summed E-state index contributed by atoms with van der Waals surface area (Å²) in [5.74, 6) is -1.50. The first-order valence-corrected chi connectivity index (χ1v) is 9.59. The molecular weight excluding hydrogens is 392 g/mol. The number of fused-ring (bicyclic) bond motifs is 3. The fourth-order valence-electron chi connectivity index (χ4n) is 4.47. The highest BCUT2D eigenvalue weighted by Crippen LogP contribution is 2.50. The number of hydrogen-bond donors (Lipinski definition) is 5. The van der Waals surface area contributed by atoms with E-state index in [1.54, 1.807) is 12.1 Å². The number of carboxylic acids is 1. The van der Waals surface area contributed by atoms with Gasteiger partial charge in [-0.1, -0.05) is 42.5 Å². The molecule has 30 heavy (non-hydrogen) atoms. The van der Waals surface area contributed by atoms with Crippen molar-refractivity contribution in [3.8, 4) is 11.1 Å². The molecular formula is C22H20O8. The summed E-state index contributed by atoms with van der Waals surface area (Å²) in [6.07, 6.45) is -8.95. The minimum absolute atomic E-state index is 0.645. The van der Waals surface area contributed by atoms with Gasteiger partial charge in [0.05, 0.1) is 0 Å². The van der Waals surface area contributed by atoms with Crippen molar-refractivity contribution in [1.29, 1.82) is 0 Å². The number of aliphatic hydroxyl groups excluding tert-OH is 4. The van der Waals surface area contributed by atoms with E-state index in [4.69, 9.17) is 9.47 Å². The average Bonchev–Trinajstić information content (AvgIpc) is 3.06. The van der Waals surface area contributed by atoms with Gasteiger partial charge in [0.2, 0.25) is 0 Å². The maximum absolute atomic E-state index is 11.3. The molecule has 2 aromatic rings. The molecule has 8 nitrogen and oxygen atoms in total. The Morgan fingerprint density at radius 3 is 2.30 bits per heavy atom. The van der Waals surface area contributed by atoms with E-state index >= 15 is 0 Å². The Bertz CT molecular complexity index is 1050. The molecule has 1 fully saturated rings. The first-order valence-electron chi connectivity index (χ1n) is 9.59. The lowest BCUT2D eigenvalue weighted by Gasteiger charge is -2.40. The van der Waals surface area contributed by atoms with Crippen LogP contribution in [-0.4, -0.2) is 68.3 Å². The van der Waals surface area contributed by atoms with Gasteiger partial charge < -0.3 is 35.0 Å². The summed E-state index contributed by atoms with van der Waals surface area (Å²) < 4.78 is 11.0. The van der Waals surface area contributed by atoms with Crippen LogP contribution in [0.1, 0.15) is 22.8 Å². The van der Waals surface area contributed by atoms with Crippen LogP contribution in [0.4, 0.5) is 0 Å². The SMILES string of the molecule is O=C(O)[C@H]1O[C@@H](O[C@@H]2C=C3c4ccccc4-c4cccc(c43)[C@H]2O)[C@H](O)[C@@H](O)[C@@H]1O. The molecule has 7 atom stereocenters. The van der Waals surface area contributed by atoms with Crippen LogP contribution in [-0.2, 0) is 14.3 Å². The third-order valence-electron chi connectivity index (χ3n) is 5.94. The van der Waals surface area contributed by atoms with Gasteiger partial charge in [0.25, 0.3) is 0 Å². The van der Waals surface area contributed by atoms with E-state index in [9.17, 15) is 30.3 Å². The molecule has 5 rings (SSSR count). The predicted octanol–water partition coefficient (Wildman–Crippen LogP) is 0.423. The van der Waals surface area contributed by atoms with Crippen LogP contribution in [0, 0.1) is 0 Å². The van der Waals surface area contributed by atoms with Crippen molar-refractivity contribution in [2.24, 2.45) is 0 Å². The van der Waals surface area contributed by atoms with Gasteiger partial charge in [0.1, 0.15) is 30.5 Å². The van der Waals surface area contributed by atoms with Crippen molar-refractivity contribution in [2.75, 3.05) is 0 Å². The van der Waals surface area contributed by atoms with Crippen LogP contribution >= 0.6 is 0 Å².